The molecule has 1 saturated carbocycles. The second-order valence-corrected chi connectivity index (χ2v) is 4.63. The normalized spacial score (nSPS) is 17.8. The molecule has 0 bridgehead atoms. The van der Waals surface area contributed by atoms with Gasteiger partial charge in [-0.15, -0.1) is 0 Å². The maximum absolute atomic E-state index is 10.8. The molecule has 1 aliphatic carbocycles. The van der Waals surface area contributed by atoms with E-state index in [4.69, 9.17) is 9.52 Å². The lowest BCUT2D eigenvalue weighted by Crippen LogP contribution is -2.53. The third-order valence-electron chi connectivity index (χ3n) is 3.45. The lowest BCUT2D eigenvalue weighted by atomic mass is 9.77. The Kier molecular flexibility index (Phi) is 3.22. The third kappa shape index (κ3) is 2.35. The maximum atomic E-state index is 10.8. The summed E-state index contributed by atoms with van der Waals surface area (Å²) in [6.45, 7) is 2.20. The highest BCUT2D eigenvalue weighted by Gasteiger charge is 2.35. The second kappa shape index (κ2) is 4.50. The molecule has 1 heterocycles. The van der Waals surface area contributed by atoms with Crippen molar-refractivity contribution in [1.29, 1.82) is 0 Å². The maximum Gasteiger partial charge on any atom is 0.339 e. The van der Waals surface area contributed by atoms with Crippen molar-refractivity contribution in [3.05, 3.63) is 23.2 Å². The summed E-state index contributed by atoms with van der Waals surface area (Å²) in [7, 11) is 0. The predicted octanol–water partition coefficient (Wildman–Crippen LogP) is 1.29. The molecule has 94 valence electrons. The number of aromatic carboxylic acids is 1. The topological polar surface area (TPSA) is 82.7 Å². The average molecular weight is 239 g/mol. The lowest BCUT2D eigenvalue weighted by molar-refractivity contribution is 0.0695. The number of aliphatic hydroxyl groups is 1. The minimum absolute atomic E-state index is 0.110. The fourth-order valence-corrected chi connectivity index (χ4v) is 2.11. The van der Waals surface area contributed by atoms with E-state index in [0.29, 0.717) is 18.1 Å². The molecule has 0 spiro atoms. The van der Waals surface area contributed by atoms with E-state index in [-0.39, 0.29) is 17.7 Å². The molecule has 0 aromatic carbocycles. The van der Waals surface area contributed by atoms with E-state index < -0.39 is 5.97 Å². The van der Waals surface area contributed by atoms with Crippen molar-refractivity contribution >= 4 is 5.97 Å². The van der Waals surface area contributed by atoms with Gasteiger partial charge in [-0.1, -0.05) is 0 Å². The van der Waals surface area contributed by atoms with Gasteiger partial charge in [0.05, 0.1) is 13.2 Å². The summed E-state index contributed by atoms with van der Waals surface area (Å²) in [5.41, 5.74) is 0.0119. The van der Waals surface area contributed by atoms with Gasteiger partial charge < -0.3 is 19.9 Å². The van der Waals surface area contributed by atoms with Crippen LogP contribution in [0.5, 0.6) is 0 Å². The van der Waals surface area contributed by atoms with Crippen LogP contribution < -0.4 is 5.32 Å². The fourth-order valence-electron chi connectivity index (χ4n) is 2.11. The van der Waals surface area contributed by atoms with Crippen LogP contribution in [0.4, 0.5) is 0 Å². The van der Waals surface area contributed by atoms with Gasteiger partial charge in [0.1, 0.15) is 17.1 Å². The number of hydrogen-bond acceptors (Lipinski definition) is 4. The standard InChI is InChI=1S/C12H17NO4/c1-8-10(11(15)16)5-9(17-8)6-13-12(7-14)3-2-4-12/h5,13-14H,2-4,6-7H2,1H3,(H,15,16). The summed E-state index contributed by atoms with van der Waals surface area (Å²) in [6.07, 6.45) is 3.02. The van der Waals surface area contributed by atoms with Crippen LogP contribution in [0, 0.1) is 6.92 Å². The van der Waals surface area contributed by atoms with Gasteiger partial charge in [0.2, 0.25) is 0 Å². The average Bonchev–Trinajstić information content (AvgIpc) is 2.59. The van der Waals surface area contributed by atoms with E-state index in [1.807, 2.05) is 0 Å². The monoisotopic (exact) mass is 239 g/mol. The number of carbonyl (C=O) groups is 1. The first kappa shape index (κ1) is 12.1. The van der Waals surface area contributed by atoms with E-state index in [1.165, 1.54) is 6.07 Å². The van der Waals surface area contributed by atoms with Gasteiger partial charge in [0.25, 0.3) is 0 Å². The fraction of sp³-hybridized carbons (Fsp3) is 0.583. The number of rotatable bonds is 5. The number of carboxylic acids is 1. The van der Waals surface area contributed by atoms with Crippen LogP contribution in [0.25, 0.3) is 0 Å². The first-order valence-electron chi connectivity index (χ1n) is 5.75. The Labute approximate surface area is 99.4 Å². The Morgan fingerprint density at radius 3 is 2.71 bits per heavy atom. The number of aliphatic hydroxyl groups excluding tert-OH is 1. The van der Waals surface area contributed by atoms with Crippen LogP contribution in [-0.4, -0.2) is 28.3 Å². The van der Waals surface area contributed by atoms with E-state index in [2.05, 4.69) is 5.32 Å². The van der Waals surface area contributed by atoms with Crippen molar-refractivity contribution in [3.63, 3.8) is 0 Å². The molecule has 0 atom stereocenters. The Bertz CT molecular complexity index is 415. The molecule has 3 N–H and O–H groups in total. The highest BCUT2D eigenvalue weighted by molar-refractivity contribution is 5.88. The van der Waals surface area contributed by atoms with Crippen LogP contribution in [-0.2, 0) is 6.54 Å². The van der Waals surface area contributed by atoms with Crippen LogP contribution in [0.15, 0.2) is 10.5 Å². The number of hydrogen-bond donors (Lipinski definition) is 3. The molecule has 2 rings (SSSR count). The molecular formula is C12H17NO4. The van der Waals surface area contributed by atoms with Gasteiger partial charge in [-0.3, -0.25) is 0 Å². The summed E-state index contributed by atoms with van der Waals surface area (Å²) >= 11 is 0. The molecule has 5 nitrogen and oxygen atoms in total. The molecular weight excluding hydrogens is 222 g/mol. The molecule has 0 saturated heterocycles. The summed E-state index contributed by atoms with van der Waals surface area (Å²) < 4.78 is 5.36. The van der Waals surface area contributed by atoms with Gasteiger partial charge >= 0.3 is 5.97 Å². The van der Waals surface area contributed by atoms with Gasteiger partial charge in [-0.2, -0.15) is 0 Å². The zero-order valence-corrected chi connectivity index (χ0v) is 9.82. The van der Waals surface area contributed by atoms with E-state index >= 15 is 0 Å². The minimum atomic E-state index is -0.974. The molecule has 1 aliphatic rings. The molecule has 0 amide bonds. The lowest BCUT2D eigenvalue weighted by Gasteiger charge is -2.41. The van der Waals surface area contributed by atoms with Crippen LogP contribution in [0.2, 0.25) is 0 Å². The summed E-state index contributed by atoms with van der Waals surface area (Å²) in [5, 5.41) is 21.4. The summed E-state index contributed by atoms with van der Waals surface area (Å²) in [4.78, 5) is 10.8. The van der Waals surface area contributed by atoms with Gasteiger partial charge in [-0.25, -0.2) is 4.79 Å². The Morgan fingerprint density at radius 1 is 1.59 bits per heavy atom. The highest BCUT2D eigenvalue weighted by Crippen LogP contribution is 2.31. The van der Waals surface area contributed by atoms with Crippen LogP contribution >= 0.6 is 0 Å². The van der Waals surface area contributed by atoms with Crippen LogP contribution in [0.1, 0.15) is 41.1 Å². The molecule has 1 fully saturated rings. The van der Waals surface area contributed by atoms with Crippen molar-refractivity contribution in [2.24, 2.45) is 0 Å². The summed E-state index contributed by atoms with van der Waals surface area (Å²) in [5.74, 6) is 0.0404. The number of furan rings is 1. The number of carboxylic acid groups (broad SMARTS) is 1. The Hall–Kier alpha value is -1.33. The zero-order chi connectivity index (χ0) is 12.5. The highest BCUT2D eigenvalue weighted by atomic mass is 16.4. The molecule has 1 aromatic heterocycles. The summed E-state index contributed by atoms with van der Waals surface area (Å²) in [6, 6.07) is 1.54. The Morgan fingerprint density at radius 2 is 2.29 bits per heavy atom. The largest absolute Gasteiger partial charge is 0.478 e. The quantitative estimate of drug-likeness (QED) is 0.721. The molecule has 0 unspecified atom stereocenters. The molecule has 17 heavy (non-hydrogen) atoms. The smallest absolute Gasteiger partial charge is 0.339 e. The van der Waals surface area contributed by atoms with Gasteiger partial charge in [0.15, 0.2) is 0 Å². The second-order valence-electron chi connectivity index (χ2n) is 4.63. The predicted molar refractivity (Wildman–Crippen MR) is 60.9 cm³/mol. The van der Waals surface area contributed by atoms with Crippen molar-refractivity contribution in [3.8, 4) is 0 Å². The third-order valence-corrected chi connectivity index (χ3v) is 3.45. The van der Waals surface area contributed by atoms with E-state index in [0.717, 1.165) is 19.3 Å². The van der Waals surface area contributed by atoms with Crippen molar-refractivity contribution in [2.45, 2.75) is 38.3 Å². The van der Waals surface area contributed by atoms with Gasteiger partial charge in [-0.05, 0) is 32.3 Å². The van der Waals surface area contributed by atoms with E-state index in [1.54, 1.807) is 6.92 Å². The first-order valence-corrected chi connectivity index (χ1v) is 5.75. The first-order chi connectivity index (χ1) is 8.06. The van der Waals surface area contributed by atoms with Gasteiger partial charge in [0, 0.05) is 5.54 Å². The van der Waals surface area contributed by atoms with Crippen LogP contribution in [0.3, 0.4) is 0 Å². The Balaban J connectivity index is 1.99. The molecule has 0 aliphatic heterocycles. The molecule has 5 heteroatoms. The van der Waals surface area contributed by atoms with Crippen molar-refractivity contribution in [1.82, 2.24) is 5.32 Å². The van der Waals surface area contributed by atoms with E-state index in [9.17, 15) is 9.90 Å². The SMILES string of the molecule is Cc1oc(CNC2(CO)CCC2)cc1C(=O)O. The molecule has 1 aromatic rings. The minimum Gasteiger partial charge on any atom is -0.478 e. The van der Waals surface area contributed by atoms with Crippen molar-refractivity contribution < 1.29 is 19.4 Å². The van der Waals surface area contributed by atoms with Crippen molar-refractivity contribution in [2.75, 3.05) is 6.61 Å². The number of aryl methyl sites for hydroxylation is 1. The molecule has 0 radical (unpaired) electrons. The number of nitrogens with one attached hydrogen (secondary N) is 1. The zero-order valence-electron chi connectivity index (χ0n) is 9.82.